The highest BCUT2D eigenvalue weighted by Gasteiger charge is 1.79. The van der Waals surface area contributed by atoms with Gasteiger partial charge in [0.2, 0.25) is 0 Å². The summed E-state index contributed by atoms with van der Waals surface area (Å²) in [5, 5.41) is 0. The van der Waals surface area contributed by atoms with Crippen molar-refractivity contribution in [2.24, 2.45) is 0 Å². The molecule has 0 atom stereocenters. The van der Waals surface area contributed by atoms with Crippen molar-refractivity contribution >= 4 is 0 Å². The van der Waals surface area contributed by atoms with E-state index in [1.165, 1.54) is 5.57 Å². The highest BCUT2D eigenvalue weighted by atomic mass is 16.5. The average Bonchev–Trinajstić information content (AvgIpc) is 1.87. The zero-order valence-electron chi connectivity index (χ0n) is 6.89. The monoisotopic (exact) mass is 140 g/mol. The molecule has 0 saturated carbocycles. The molecule has 1 heteroatoms. The second-order valence-electron chi connectivity index (χ2n) is 2.41. The fourth-order valence-corrected chi connectivity index (χ4v) is 0.588. The van der Waals surface area contributed by atoms with E-state index in [9.17, 15) is 0 Å². The summed E-state index contributed by atoms with van der Waals surface area (Å²) >= 11 is 0. The van der Waals surface area contributed by atoms with E-state index < -0.39 is 0 Å². The van der Waals surface area contributed by atoms with Gasteiger partial charge in [-0.25, -0.2) is 0 Å². The zero-order chi connectivity index (χ0) is 7.82. The largest absolute Gasteiger partial charge is 0.384 e. The Labute approximate surface area is 63.4 Å². The lowest BCUT2D eigenvalue weighted by Gasteiger charge is -1.91. The minimum atomic E-state index is 0.812. The first kappa shape index (κ1) is 9.44. The molecule has 0 aromatic carbocycles. The van der Waals surface area contributed by atoms with E-state index >= 15 is 0 Å². The fraction of sp³-hybridized carbons (Fsp3) is 0.556. The fourth-order valence-electron chi connectivity index (χ4n) is 0.588. The first-order valence-corrected chi connectivity index (χ1v) is 3.55. The number of rotatable bonds is 5. The van der Waals surface area contributed by atoms with Crippen molar-refractivity contribution in [3.8, 4) is 0 Å². The second-order valence-corrected chi connectivity index (χ2v) is 2.41. The molecular weight excluding hydrogens is 124 g/mol. The number of allylic oxidation sites excluding steroid dienone is 2. The van der Waals surface area contributed by atoms with E-state index in [4.69, 9.17) is 4.74 Å². The summed E-state index contributed by atoms with van der Waals surface area (Å²) in [6, 6.07) is 0. The third-order valence-corrected chi connectivity index (χ3v) is 1.12. The molecule has 0 amide bonds. The van der Waals surface area contributed by atoms with Crippen molar-refractivity contribution < 1.29 is 4.74 Å². The van der Waals surface area contributed by atoms with Crippen LogP contribution in [0, 0.1) is 0 Å². The standard InChI is InChI=1S/C9H16O/c1-9(2)7-5-4-6-8-10-3/h4-5H,1,6-8H2,2-3H3/b5-4+. The number of hydrogen-bond acceptors (Lipinski definition) is 1. The molecule has 1 nitrogen and oxygen atoms in total. The van der Waals surface area contributed by atoms with Crippen LogP contribution in [0.3, 0.4) is 0 Å². The number of hydrogen-bond donors (Lipinski definition) is 0. The van der Waals surface area contributed by atoms with Crippen molar-refractivity contribution in [3.63, 3.8) is 0 Å². The summed E-state index contributed by atoms with van der Waals surface area (Å²) < 4.78 is 4.88. The molecule has 0 radical (unpaired) electrons. The van der Waals surface area contributed by atoms with Gasteiger partial charge in [-0.1, -0.05) is 24.3 Å². The van der Waals surface area contributed by atoms with Gasteiger partial charge in [0, 0.05) is 13.7 Å². The van der Waals surface area contributed by atoms with Gasteiger partial charge < -0.3 is 4.74 Å². The Bertz CT molecular complexity index is 114. The molecule has 0 unspecified atom stereocenters. The molecule has 0 spiro atoms. The first-order chi connectivity index (χ1) is 4.77. The van der Waals surface area contributed by atoms with Crippen molar-refractivity contribution in [1.82, 2.24) is 0 Å². The maximum Gasteiger partial charge on any atom is 0.0496 e. The third-order valence-electron chi connectivity index (χ3n) is 1.12. The smallest absolute Gasteiger partial charge is 0.0496 e. The predicted octanol–water partition coefficient (Wildman–Crippen LogP) is 2.55. The molecular formula is C9H16O. The van der Waals surface area contributed by atoms with Crippen molar-refractivity contribution in [1.29, 1.82) is 0 Å². The van der Waals surface area contributed by atoms with Crippen LogP contribution in [0.2, 0.25) is 0 Å². The molecule has 0 rings (SSSR count). The van der Waals surface area contributed by atoms with Crippen molar-refractivity contribution in [3.05, 3.63) is 24.3 Å². The van der Waals surface area contributed by atoms with Gasteiger partial charge in [0.1, 0.15) is 0 Å². The summed E-state index contributed by atoms with van der Waals surface area (Å²) in [7, 11) is 1.71. The zero-order valence-corrected chi connectivity index (χ0v) is 6.89. The van der Waals surface area contributed by atoms with Crippen LogP contribution in [-0.2, 0) is 4.74 Å². The molecule has 58 valence electrons. The van der Waals surface area contributed by atoms with E-state index in [2.05, 4.69) is 18.7 Å². The molecule has 10 heavy (non-hydrogen) atoms. The topological polar surface area (TPSA) is 9.23 Å². The average molecular weight is 140 g/mol. The van der Waals surface area contributed by atoms with E-state index in [1.807, 2.05) is 6.92 Å². The quantitative estimate of drug-likeness (QED) is 0.421. The second kappa shape index (κ2) is 6.56. The highest BCUT2D eigenvalue weighted by molar-refractivity contribution is 4.98. The van der Waals surface area contributed by atoms with Gasteiger partial charge in [-0.05, 0) is 19.8 Å². The van der Waals surface area contributed by atoms with E-state index in [0.29, 0.717) is 0 Å². The van der Waals surface area contributed by atoms with E-state index in [0.717, 1.165) is 19.4 Å². The lowest BCUT2D eigenvalue weighted by molar-refractivity contribution is 0.204. The van der Waals surface area contributed by atoms with Crippen LogP contribution in [0.5, 0.6) is 0 Å². The van der Waals surface area contributed by atoms with Crippen LogP contribution >= 0.6 is 0 Å². The molecule has 0 heterocycles. The van der Waals surface area contributed by atoms with Gasteiger partial charge >= 0.3 is 0 Å². The van der Waals surface area contributed by atoms with E-state index in [-0.39, 0.29) is 0 Å². The molecule has 0 aromatic heterocycles. The normalized spacial score (nSPS) is 10.6. The van der Waals surface area contributed by atoms with Crippen LogP contribution in [0.4, 0.5) is 0 Å². The molecule has 0 bridgehead atoms. The van der Waals surface area contributed by atoms with Gasteiger partial charge in [0.15, 0.2) is 0 Å². The van der Waals surface area contributed by atoms with Crippen molar-refractivity contribution in [2.45, 2.75) is 19.8 Å². The maximum atomic E-state index is 4.88. The summed E-state index contributed by atoms with van der Waals surface area (Å²) in [5.74, 6) is 0. The van der Waals surface area contributed by atoms with Gasteiger partial charge in [-0.3, -0.25) is 0 Å². The van der Waals surface area contributed by atoms with Crippen LogP contribution < -0.4 is 0 Å². The third kappa shape index (κ3) is 7.44. The lowest BCUT2D eigenvalue weighted by atomic mass is 10.2. The molecule has 0 aliphatic heterocycles. The van der Waals surface area contributed by atoms with Gasteiger partial charge in [0.05, 0.1) is 0 Å². The van der Waals surface area contributed by atoms with Gasteiger partial charge in [0.25, 0.3) is 0 Å². The minimum absolute atomic E-state index is 0.812. The van der Waals surface area contributed by atoms with Gasteiger partial charge in [-0.15, -0.1) is 0 Å². The molecule has 0 aliphatic carbocycles. The minimum Gasteiger partial charge on any atom is -0.384 e. The number of methoxy groups -OCH3 is 1. The SMILES string of the molecule is C=C(C)C/C=C/CCOC. The van der Waals surface area contributed by atoms with E-state index in [1.54, 1.807) is 7.11 Å². The molecule has 0 fully saturated rings. The Hall–Kier alpha value is -0.560. The molecule has 0 aromatic rings. The van der Waals surface area contributed by atoms with Gasteiger partial charge in [-0.2, -0.15) is 0 Å². The lowest BCUT2D eigenvalue weighted by Crippen LogP contribution is -1.83. The maximum absolute atomic E-state index is 4.88. The van der Waals surface area contributed by atoms with Crippen LogP contribution in [0.1, 0.15) is 19.8 Å². The Morgan fingerprint density at radius 3 is 2.70 bits per heavy atom. The Morgan fingerprint density at radius 1 is 1.50 bits per heavy atom. The van der Waals surface area contributed by atoms with Crippen LogP contribution in [0.15, 0.2) is 24.3 Å². The Morgan fingerprint density at radius 2 is 2.20 bits per heavy atom. The van der Waals surface area contributed by atoms with Crippen LogP contribution in [-0.4, -0.2) is 13.7 Å². The summed E-state index contributed by atoms with van der Waals surface area (Å²) in [6.07, 6.45) is 6.24. The molecule has 0 aliphatic rings. The molecule has 0 N–H and O–H groups in total. The van der Waals surface area contributed by atoms with Crippen LogP contribution in [0.25, 0.3) is 0 Å². The summed E-state index contributed by atoms with van der Waals surface area (Å²) in [6.45, 7) is 6.63. The predicted molar refractivity (Wildman–Crippen MR) is 45.1 cm³/mol. The molecule has 0 saturated heterocycles. The van der Waals surface area contributed by atoms with Crippen molar-refractivity contribution in [2.75, 3.05) is 13.7 Å². The highest BCUT2D eigenvalue weighted by Crippen LogP contribution is 1.96. The Kier molecular flexibility index (Phi) is 6.19. The Balaban J connectivity index is 3.12. The summed E-state index contributed by atoms with van der Waals surface area (Å²) in [4.78, 5) is 0. The number of ether oxygens (including phenoxy) is 1. The first-order valence-electron chi connectivity index (χ1n) is 3.55. The summed E-state index contributed by atoms with van der Waals surface area (Å²) in [5.41, 5.74) is 1.20.